The predicted octanol–water partition coefficient (Wildman–Crippen LogP) is 4.42. The molecule has 0 atom stereocenters. The van der Waals surface area contributed by atoms with Crippen LogP contribution < -0.4 is 10.6 Å². The number of halogens is 3. The lowest BCUT2D eigenvalue weighted by Crippen LogP contribution is -2.22. The monoisotopic (exact) mass is 545 g/mol. The van der Waals surface area contributed by atoms with Crippen molar-refractivity contribution in [2.24, 2.45) is 0 Å². The lowest BCUT2D eigenvalue weighted by molar-refractivity contribution is -0.137. The zero-order chi connectivity index (χ0) is 27.8. The number of hydrogen-bond acceptors (Lipinski definition) is 5. The third-order valence-corrected chi connectivity index (χ3v) is 7.51. The Hall–Kier alpha value is -4.23. The van der Waals surface area contributed by atoms with E-state index in [9.17, 15) is 31.2 Å². The van der Waals surface area contributed by atoms with Crippen LogP contribution in [0.4, 0.5) is 24.5 Å². The van der Waals surface area contributed by atoms with Crippen molar-refractivity contribution < 1.29 is 31.2 Å². The van der Waals surface area contributed by atoms with Crippen molar-refractivity contribution in [2.75, 3.05) is 24.7 Å². The van der Waals surface area contributed by atoms with E-state index in [1.165, 1.54) is 67.4 Å². The SMILES string of the molecule is Cc1ccc(C(=O)Nc2cccc(C(F)(F)F)c2)cc1NC(=O)c1cnn2cc(S(=O)(=O)N(C)C)ccc12. The number of nitrogens with one attached hydrogen (secondary N) is 2. The molecule has 0 unspecified atom stereocenters. The molecule has 0 fully saturated rings. The highest BCUT2D eigenvalue weighted by molar-refractivity contribution is 7.89. The summed E-state index contributed by atoms with van der Waals surface area (Å²) >= 11 is 0. The lowest BCUT2D eigenvalue weighted by Gasteiger charge is -2.12. The molecule has 0 saturated heterocycles. The summed E-state index contributed by atoms with van der Waals surface area (Å²) in [5.41, 5.74) is 0.641. The highest BCUT2D eigenvalue weighted by Crippen LogP contribution is 2.31. The molecule has 0 radical (unpaired) electrons. The van der Waals surface area contributed by atoms with Crippen molar-refractivity contribution in [1.29, 1.82) is 0 Å². The minimum atomic E-state index is -4.55. The number of pyridine rings is 1. The fourth-order valence-corrected chi connectivity index (χ4v) is 4.46. The van der Waals surface area contributed by atoms with E-state index in [0.29, 0.717) is 16.8 Å². The van der Waals surface area contributed by atoms with Gasteiger partial charge in [-0.1, -0.05) is 12.1 Å². The Balaban J connectivity index is 1.56. The molecule has 2 aromatic heterocycles. The predicted molar refractivity (Wildman–Crippen MR) is 135 cm³/mol. The van der Waals surface area contributed by atoms with Gasteiger partial charge in [0.2, 0.25) is 10.0 Å². The van der Waals surface area contributed by atoms with E-state index in [-0.39, 0.29) is 21.7 Å². The zero-order valence-electron chi connectivity index (χ0n) is 20.4. The number of fused-ring (bicyclic) bond motifs is 1. The Morgan fingerprint density at radius 3 is 2.39 bits per heavy atom. The van der Waals surface area contributed by atoms with Crippen LogP contribution in [0, 0.1) is 6.92 Å². The second-order valence-electron chi connectivity index (χ2n) is 8.56. The van der Waals surface area contributed by atoms with Gasteiger partial charge >= 0.3 is 6.18 Å². The first-order valence-corrected chi connectivity index (χ1v) is 12.5. The number of aromatic nitrogens is 2. The number of carbonyl (C=O) groups excluding carboxylic acids is 2. The molecule has 0 spiro atoms. The number of sulfonamides is 1. The first-order valence-electron chi connectivity index (χ1n) is 11.1. The largest absolute Gasteiger partial charge is 0.416 e. The van der Waals surface area contributed by atoms with Crippen LogP contribution >= 0.6 is 0 Å². The zero-order valence-corrected chi connectivity index (χ0v) is 21.2. The molecule has 0 bridgehead atoms. The van der Waals surface area contributed by atoms with E-state index in [0.717, 1.165) is 16.4 Å². The molecule has 0 aliphatic heterocycles. The molecular formula is C25H22F3N5O4S. The fourth-order valence-electron chi connectivity index (χ4n) is 3.57. The van der Waals surface area contributed by atoms with Gasteiger partial charge in [0.1, 0.15) is 4.90 Å². The summed E-state index contributed by atoms with van der Waals surface area (Å²) in [6, 6.07) is 11.6. The van der Waals surface area contributed by atoms with Gasteiger partial charge in [-0.15, -0.1) is 0 Å². The summed E-state index contributed by atoms with van der Waals surface area (Å²) in [5.74, 6) is -1.22. The Labute approximate surface area is 215 Å². The highest BCUT2D eigenvalue weighted by Gasteiger charge is 2.30. The molecule has 198 valence electrons. The topological polar surface area (TPSA) is 113 Å². The molecule has 2 heterocycles. The minimum Gasteiger partial charge on any atom is -0.322 e. The van der Waals surface area contributed by atoms with Crippen LogP contribution in [0.2, 0.25) is 0 Å². The van der Waals surface area contributed by atoms with Crippen LogP contribution in [-0.4, -0.2) is 48.2 Å². The van der Waals surface area contributed by atoms with Gasteiger partial charge in [0.05, 0.1) is 22.8 Å². The highest BCUT2D eigenvalue weighted by atomic mass is 32.2. The van der Waals surface area contributed by atoms with Gasteiger partial charge in [0.15, 0.2) is 0 Å². The number of rotatable bonds is 6. The van der Waals surface area contributed by atoms with Crippen molar-refractivity contribution in [3.8, 4) is 0 Å². The molecular weight excluding hydrogens is 523 g/mol. The average molecular weight is 546 g/mol. The summed E-state index contributed by atoms with van der Waals surface area (Å²) in [6.45, 7) is 1.71. The molecule has 9 nitrogen and oxygen atoms in total. The van der Waals surface area contributed by atoms with Crippen LogP contribution in [0.3, 0.4) is 0 Å². The number of amides is 2. The number of alkyl halides is 3. The molecule has 4 aromatic rings. The second-order valence-corrected chi connectivity index (χ2v) is 10.7. The molecule has 2 N–H and O–H groups in total. The molecule has 13 heteroatoms. The van der Waals surface area contributed by atoms with Gasteiger partial charge in [-0.3, -0.25) is 9.59 Å². The molecule has 4 rings (SSSR count). The van der Waals surface area contributed by atoms with Crippen LogP contribution in [0.5, 0.6) is 0 Å². The standard InChI is InChI=1S/C25H22F3N5O4S/c1-15-7-8-16(23(34)30-18-6-4-5-17(12-18)25(26,27)28)11-21(15)31-24(35)20-13-29-33-14-19(9-10-22(20)33)38(36,37)32(2)3/h4-14H,1-3H3,(H,30,34)(H,31,35). The molecule has 0 saturated carbocycles. The number of nitrogens with zero attached hydrogens (tertiary/aromatic N) is 3. The van der Waals surface area contributed by atoms with Crippen molar-refractivity contribution in [3.05, 3.63) is 89.2 Å². The molecule has 2 aromatic carbocycles. The molecule has 0 aliphatic carbocycles. The number of benzene rings is 2. The van der Waals surface area contributed by atoms with E-state index in [4.69, 9.17) is 0 Å². The Morgan fingerprint density at radius 1 is 0.974 bits per heavy atom. The van der Waals surface area contributed by atoms with Crippen molar-refractivity contribution >= 4 is 38.7 Å². The quantitative estimate of drug-likeness (QED) is 0.373. The Bertz CT molecular complexity index is 1660. The summed E-state index contributed by atoms with van der Waals surface area (Å²) in [5, 5.41) is 9.22. The van der Waals surface area contributed by atoms with E-state index in [1.54, 1.807) is 13.0 Å². The van der Waals surface area contributed by atoms with Gasteiger partial charge in [-0.05, 0) is 55.0 Å². The molecule has 0 aliphatic rings. The Kier molecular flexibility index (Phi) is 7.00. The van der Waals surface area contributed by atoms with E-state index < -0.39 is 33.6 Å². The van der Waals surface area contributed by atoms with Gasteiger partial charge in [0.25, 0.3) is 11.8 Å². The maximum atomic E-state index is 13.0. The lowest BCUT2D eigenvalue weighted by atomic mass is 10.1. The summed E-state index contributed by atoms with van der Waals surface area (Å²) in [4.78, 5) is 25.8. The van der Waals surface area contributed by atoms with Crippen molar-refractivity contribution in [2.45, 2.75) is 18.0 Å². The third kappa shape index (κ3) is 5.38. The van der Waals surface area contributed by atoms with E-state index in [1.807, 2.05) is 0 Å². The summed E-state index contributed by atoms with van der Waals surface area (Å²) in [7, 11) is -0.899. The minimum absolute atomic E-state index is 0.000358. The van der Waals surface area contributed by atoms with Gasteiger partial charge < -0.3 is 10.6 Å². The molecule has 38 heavy (non-hydrogen) atoms. The number of carbonyl (C=O) groups is 2. The van der Waals surface area contributed by atoms with Gasteiger partial charge in [-0.25, -0.2) is 17.2 Å². The van der Waals surface area contributed by atoms with Crippen LogP contribution in [0.15, 0.2) is 71.9 Å². The first kappa shape index (κ1) is 26.8. The first-order chi connectivity index (χ1) is 17.8. The van der Waals surface area contributed by atoms with E-state index in [2.05, 4.69) is 15.7 Å². The fraction of sp³-hybridized carbons (Fsp3) is 0.160. The van der Waals surface area contributed by atoms with Crippen molar-refractivity contribution in [3.63, 3.8) is 0 Å². The Morgan fingerprint density at radius 2 is 1.71 bits per heavy atom. The van der Waals surface area contributed by atoms with Gasteiger partial charge in [-0.2, -0.15) is 18.3 Å². The average Bonchev–Trinajstić information content (AvgIpc) is 3.28. The molecule has 2 amide bonds. The van der Waals surface area contributed by atoms with Crippen LogP contribution in [0.1, 0.15) is 31.8 Å². The normalized spacial score (nSPS) is 12.1. The number of aryl methyl sites for hydroxylation is 1. The number of hydrogen-bond donors (Lipinski definition) is 2. The van der Waals surface area contributed by atoms with Gasteiger partial charge in [0, 0.05) is 37.2 Å². The summed E-state index contributed by atoms with van der Waals surface area (Å²) in [6.07, 6.45) is -1.97. The second kappa shape index (κ2) is 9.91. The van der Waals surface area contributed by atoms with Crippen LogP contribution in [0.25, 0.3) is 5.52 Å². The smallest absolute Gasteiger partial charge is 0.322 e. The number of anilines is 2. The maximum Gasteiger partial charge on any atom is 0.416 e. The third-order valence-electron chi connectivity index (χ3n) is 5.71. The van der Waals surface area contributed by atoms with Crippen LogP contribution in [-0.2, 0) is 16.2 Å². The maximum absolute atomic E-state index is 13.0. The van der Waals surface area contributed by atoms with Crippen molar-refractivity contribution in [1.82, 2.24) is 13.9 Å². The van der Waals surface area contributed by atoms with E-state index >= 15 is 0 Å². The summed E-state index contributed by atoms with van der Waals surface area (Å²) < 4.78 is 66.0.